The molecule has 0 heterocycles. The van der Waals surface area contributed by atoms with Gasteiger partial charge >= 0.3 is 5.97 Å². The van der Waals surface area contributed by atoms with Crippen molar-refractivity contribution in [1.29, 1.82) is 0 Å². The second kappa shape index (κ2) is 10.2. The second-order valence-corrected chi connectivity index (χ2v) is 6.39. The van der Waals surface area contributed by atoms with Gasteiger partial charge in [-0.15, -0.1) is 0 Å². The molecule has 0 aliphatic carbocycles. The summed E-state index contributed by atoms with van der Waals surface area (Å²) in [6.45, 7) is 17.1. The van der Waals surface area contributed by atoms with Crippen molar-refractivity contribution in [2.75, 3.05) is 19.7 Å². The fourth-order valence-corrected chi connectivity index (χ4v) is 2.90. The minimum atomic E-state index is -0.622. The molecule has 0 saturated heterocycles. The van der Waals surface area contributed by atoms with Crippen LogP contribution in [0.1, 0.15) is 67.7 Å². The Morgan fingerprint density at radius 2 is 1.86 bits per heavy atom. The normalized spacial score (nSPS) is 16.0. The Kier molecular flexibility index (Phi) is 9.88. The predicted octanol–water partition coefficient (Wildman–Crippen LogP) is 3.21. The summed E-state index contributed by atoms with van der Waals surface area (Å²) in [5.41, 5.74) is -0.622. The van der Waals surface area contributed by atoms with Gasteiger partial charge in [-0.25, -0.2) is 0 Å². The molecule has 4 heteroatoms. The van der Waals surface area contributed by atoms with E-state index in [2.05, 4.69) is 44.8 Å². The fourth-order valence-electron chi connectivity index (χ4n) is 2.90. The second-order valence-electron chi connectivity index (χ2n) is 6.39. The third-order valence-electron chi connectivity index (χ3n) is 3.87. The maximum atomic E-state index is 12.4. The first kappa shape index (κ1) is 20.4. The Labute approximate surface area is 131 Å². The number of rotatable bonds is 11. The van der Waals surface area contributed by atoms with Gasteiger partial charge in [0.2, 0.25) is 0 Å². The van der Waals surface area contributed by atoms with Crippen LogP contribution in [0.15, 0.2) is 0 Å². The Morgan fingerprint density at radius 3 is 2.29 bits per heavy atom. The topological polar surface area (TPSA) is 41.6 Å². The van der Waals surface area contributed by atoms with Crippen LogP contribution in [0, 0.1) is 0 Å². The quantitative estimate of drug-likeness (QED) is 0.595. The van der Waals surface area contributed by atoms with Crippen molar-refractivity contribution in [2.24, 2.45) is 0 Å². The molecule has 2 unspecified atom stereocenters. The van der Waals surface area contributed by atoms with Gasteiger partial charge in [-0.3, -0.25) is 10.1 Å². The number of hydrogen-bond donors (Lipinski definition) is 1. The van der Waals surface area contributed by atoms with Crippen LogP contribution in [0.2, 0.25) is 0 Å². The van der Waals surface area contributed by atoms with Gasteiger partial charge in [0.05, 0.1) is 6.61 Å². The van der Waals surface area contributed by atoms with Crippen LogP contribution >= 0.6 is 0 Å². The molecule has 126 valence electrons. The summed E-state index contributed by atoms with van der Waals surface area (Å²) in [6, 6.07) is 0.597. The standard InChI is InChI=1S/C17H36N2O2/c1-8-11-12-19(9-2)15(6)13-17(7,18-14(4)5)16(20)21-10-3/h14-15,18H,8-13H2,1-7H3. The highest BCUT2D eigenvalue weighted by Gasteiger charge is 2.37. The predicted molar refractivity (Wildman–Crippen MR) is 89.5 cm³/mol. The van der Waals surface area contributed by atoms with Crippen LogP contribution < -0.4 is 5.32 Å². The molecule has 0 aromatic rings. The lowest BCUT2D eigenvalue weighted by Crippen LogP contribution is -2.56. The van der Waals surface area contributed by atoms with Crippen molar-refractivity contribution in [3.63, 3.8) is 0 Å². The molecule has 0 aromatic carbocycles. The van der Waals surface area contributed by atoms with Crippen molar-refractivity contribution in [3.8, 4) is 0 Å². The Morgan fingerprint density at radius 1 is 1.24 bits per heavy atom. The number of carbonyl (C=O) groups excluding carboxylic acids is 1. The summed E-state index contributed by atoms with van der Waals surface area (Å²) in [4.78, 5) is 14.8. The van der Waals surface area contributed by atoms with Crippen LogP contribution in [0.3, 0.4) is 0 Å². The molecular weight excluding hydrogens is 264 g/mol. The Bertz CT molecular complexity index is 295. The molecule has 0 spiro atoms. The molecule has 0 radical (unpaired) electrons. The van der Waals surface area contributed by atoms with E-state index in [9.17, 15) is 4.79 Å². The number of unbranched alkanes of at least 4 members (excludes halogenated alkanes) is 1. The lowest BCUT2D eigenvalue weighted by molar-refractivity contribution is -0.151. The van der Waals surface area contributed by atoms with Crippen molar-refractivity contribution < 1.29 is 9.53 Å². The maximum Gasteiger partial charge on any atom is 0.326 e. The molecule has 0 aliphatic rings. The molecule has 0 amide bonds. The Balaban J connectivity index is 4.88. The summed E-state index contributed by atoms with van der Waals surface area (Å²) in [6.07, 6.45) is 3.16. The molecule has 2 atom stereocenters. The highest BCUT2D eigenvalue weighted by molar-refractivity contribution is 5.80. The van der Waals surface area contributed by atoms with Crippen LogP contribution in [-0.2, 0) is 9.53 Å². The van der Waals surface area contributed by atoms with Gasteiger partial charge in [0, 0.05) is 12.1 Å². The van der Waals surface area contributed by atoms with E-state index in [1.807, 2.05) is 13.8 Å². The van der Waals surface area contributed by atoms with E-state index in [0.717, 1.165) is 19.5 Å². The number of nitrogens with zero attached hydrogens (tertiary/aromatic N) is 1. The van der Waals surface area contributed by atoms with Crippen LogP contribution in [-0.4, -0.2) is 48.2 Å². The van der Waals surface area contributed by atoms with E-state index >= 15 is 0 Å². The summed E-state index contributed by atoms with van der Waals surface area (Å²) in [7, 11) is 0. The fraction of sp³-hybridized carbons (Fsp3) is 0.941. The van der Waals surface area contributed by atoms with Crippen molar-refractivity contribution in [2.45, 2.75) is 85.4 Å². The van der Waals surface area contributed by atoms with Gasteiger partial charge < -0.3 is 9.64 Å². The maximum absolute atomic E-state index is 12.4. The number of hydrogen-bond acceptors (Lipinski definition) is 4. The molecule has 1 N–H and O–H groups in total. The van der Waals surface area contributed by atoms with Gasteiger partial charge in [-0.05, 0) is 60.5 Å². The first-order valence-electron chi connectivity index (χ1n) is 8.49. The highest BCUT2D eigenvalue weighted by Crippen LogP contribution is 2.20. The third-order valence-corrected chi connectivity index (χ3v) is 3.87. The average molecular weight is 300 g/mol. The summed E-state index contributed by atoms with van der Waals surface area (Å²) < 4.78 is 5.28. The molecule has 0 aliphatic heterocycles. The first-order valence-corrected chi connectivity index (χ1v) is 8.49. The van der Waals surface area contributed by atoms with E-state index in [4.69, 9.17) is 4.74 Å². The van der Waals surface area contributed by atoms with E-state index in [1.54, 1.807) is 0 Å². The van der Waals surface area contributed by atoms with E-state index in [1.165, 1.54) is 12.8 Å². The molecule has 21 heavy (non-hydrogen) atoms. The number of nitrogens with one attached hydrogen (secondary N) is 1. The first-order chi connectivity index (χ1) is 9.80. The zero-order valence-electron chi connectivity index (χ0n) is 15.2. The monoisotopic (exact) mass is 300 g/mol. The van der Waals surface area contributed by atoms with E-state index < -0.39 is 5.54 Å². The molecule has 4 nitrogen and oxygen atoms in total. The minimum absolute atomic E-state index is 0.142. The average Bonchev–Trinajstić information content (AvgIpc) is 2.38. The van der Waals surface area contributed by atoms with E-state index in [-0.39, 0.29) is 12.0 Å². The highest BCUT2D eigenvalue weighted by atomic mass is 16.5. The van der Waals surface area contributed by atoms with Gasteiger partial charge in [0.1, 0.15) is 5.54 Å². The minimum Gasteiger partial charge on any atom is -0.465 e. The van der Waals surface area contributed by atoms with Crippen molar-refractivity contribution >= 4 is 5.97 Å². The van der Waals surface area contributed by atoms with Gasteiger partial charge in [0.15, 0.2) is 0 Å². The SMILES string of the molecule is CCCCN(CC)C(C)CC(C)(NC(C)C)C(=O)OCC. The summed E-state index contributed by atoms with van der Waals surface area (Å²) in [5.74, 6) is -0.142. The third kappa shape index (κ3) is 7.28. The molecule has 0 fully saturated rings. The van der Waals surface area contributed by atoms with Crippen LogP contribution in [0.25, 0.3) is 0 Å². The van der Waals surface area contributed by atoms with E-state index in [0.29, 0.717) is 12.6 Å². The number of carbonyl (C=O) groups is 1. The van der Waals surface area contributed by atoms with Crippen molar-refractivity contribution in [1.82, 2.24) is 10.2 Å². The number of esters is 1. The zero-order valence-corrected chi connectivity index (χ0v) is 15.2. The van der Waals surface area contributed by atoms with Crippen LogP contribution in [0.4, 0.5) is 0 Å². The lowest BCUT2D eigenvalue weighted by Gasteiger charge is -2.37. The summed E-state index contributed by atoms with van der Waals surface area (Å²) >= 11 is 0. The van der Waals surface area contributed by atoms with Gasteiger partial charge in [0.25, 0.3) is 0 Å². The largest absolute Gasteiger partial charge is 0.465 e. The van der Waals surface area contributed by atoms with Crippen molar-refractivity contribution in [3.05, 3.63) is 0 Å². The Hall–Kier alpha value is -0.610. The molecule has 0 aromatic heterocycles. The summed E-state index contributed by atoms with van der Waals surface area (Å²) in [5, 5.41) is 3.41. The zero-order chi connectivity index (χ0) is 16.5. The van der Waals surface area contributed by atoms with Gasteiger partial charge in [-0.1, -0.05) is 20.3 Å². The lowest BCUT2D eigenvalue weighted by atomic mass is 9.91. The molecule has 0 saturated carbocycles. The number of ether oxygens (including phenoxy) is 1. The molecule has 0 bridgehead atoms. The smallest absolute Gasteiger partial charge is 0.326 e. The van der Waals surface area contributed by atoms with Gasteiger partial charge in [-0.2, -0.15) is 0 Å². The molecule has 0 rings (SSSR count). The van der Waals surface area contributed by atoms with Crippen LogP contribution in [0.5, 0.6) is 0 Å². The molecular formula is C17H36N2O2.